The van der Waals surface area contributed by atoms with Gasteiger partial charge in [-0.1, -0.05) is 6.92 Å². The van der Waals surface area contributed by atoms with Crippen LogP contribution in [0.4, 0.5) is 0 Å². The predicted octanol–water partition coefficient (Wildman–Crippen LogP) is 1.93. The van der Waals surface area contributed by atoms with Gasteiger partial charge >= 0.3 is 8.80 Å². The molecule has 5 nitrogen and oxygen atoms in total. The summed E-state index contributed by atoms with van der Waals surface area (Å²) in [6.45, 7) is 11.6. The average molecular weight is 279 g/mol. The molecule has 0 spiro atoms. The van der Waals surface area contributed by atoms with Crippen LogP contribution in [0.2, 0.25) is 0 Å². The van der Waals surface area contributed by atoms with E-state index in [1.165, 1.54) is 0 Å². The van der Waals surface area contributed by atoms with Gasteiger partial charge in [0.1, 0.15) is 12.0 Å². The lowest BCUT2D eigenvalue weighted by Crippen LogP contribution is -2.58. The van der Waals surface area contributed by atoms with Gasteiger partial charge in [-0.25, -0.2) is 0 Å². The highest BCUT2D eigenvalue weighted by atomic mass is 28.4. The molecule has 1 N–H and O–H groups in total. The van der Waals surface area contributed by atoms with E-state index in [4.69, 9.17) is 18.0 Å². The summed E-state index contributed by atoms with van der Waals surface area (Å²) < 4.78 is 23.5. The van der Waals surface area contributed by atoms with Crippen molar-refractivity contribution in [3.8, 4) is 0 Å². The largest absolute Gasteiger partial charge is 0.531 e. The maximum atomic E-state index is 5.95. The third-order valence-electron chi connectivity index (χ3n) is 2.58. The van der Waals surface area contributed by atoms with E-state index < -0.39 is 8.80 Å². The Hall–Kier alpha value is 0.0169. The summed E-state index contributed by atoms with van der Waals surface area (Å²) in [6.07, 6.45) is 0.751. The lowest BCUT2D eigenvalue weighted by molar-refractivity contribution is -0.0456. The van der Waals surface area contributed by atoms with E-state index in [9.17, 15) is 0 Å². The molecule has 0 saturated heterocycles. The molecule has 0 fully saturated rings. The lowest BCUT2D eigenvalue weighted by atomic mass is 10.5. The molecule has 0 aromatic heterocycles. The Morgan fingerprint density at radius 2 is 1.39 bits per heavy atom. The molecule has 0 amide bonds. The molecular weight excluding hydrogens is 250 g/mol. The summed E-state index contributed by atoms with van der Waals surface area (Å²) in [5, 5.41) is 3.06. The first-order chi connectivity index (χ1) is 8.60. The second-order valence-corrected chi connectivity index (χ2v) is 6.58. The van der Waals surface area contributed by atoms with Gasteiger partial charge in [0.2, 0.25) is 0 Å². The first-order valence-corrected chi connectivity index (χ1v) is 8.64. The van der Waals surface area contributed by atoms with Gasteiger partial charge in [0.25, 0.3) is 0 Å². The standard InChI is InChI=1S/C12H29NO4Si/c1-7-12(17-11(5)13-6)18(14-8-2,15-9-3)16-10-4/h11-13H,7-10H2,1-6H3. The summed E-state index contributed by atoms with van der Waals surface area (Å²) in [6, 6.07) is 0. The van der Waals surface area contributed by atoms with E-state index in [1.54, 1.807) is 0 Å². The van der Waals surface area contributed by atoms with Crippen LogP contribution in [-0.4, -0.2) is 47.6 Å². The van der Waals surface area contributed by atoms with Crippen LogP contribution in [0.1, 0.15) is 41.0 Å². The topological polar surface area (TPSA) is 49.0 Å². The monoisotopic (exact) mass is 279 g/mol. The summed E-state index contributed by atoms with van der Waals surface area (Å²) in [7, 11) is -0.902. The molecule has 2 atom stereocenters. The highest BCUT2D eigenvalue weighted by Gasteiger charge is 2.50. The first-order valence-electron chi connectivity index (χ1n) is 6.84. The van der Waals surface area contributed by atoms with E-state index in [2.05, 4.69) is 12.2 Å². The van der Waals surface area contributed by atoms with Crippen molar-refractivity contribution in [2.24, 2.45) is 0 Å². The van der Waals surface area contributed by atoms with Gasteiger partial charge in [0.15, 0.2) is 0 Å². The van der Waals surface area contributed by atoms with Gasteiger partial charge in [-0.3, -0.25) is 5.32 Å². The molecule has 0 aliphatic rings. The van der Waals surface area contributed by atoms with E-state index in [1.807, 2.05) is 34.7 Å². The fourth-order valence-electron chi connectivity index (χ4n) is 1.75. The van der Waals surface area contributed by atoms with Crippen molar-refractivity contribution in [1.82, 2.24) is 5.32 Å². The van der Waals surface area contributed by atoms with E-state index in [0.29, 0.717) is 19.8 Å². The van der Waals surface area contributed by atoms with Crippen molar-refractivity contribution in [2.75, 3.05) is 26.9 Å². The van der Waals surface area contributed by atoms with Crippen LogP contribution in [0.25, 0.3) is 0 Å². The van der Waals surface area contributed by atoms with Crippen molar-refractivity contribution >= 4 is 8.80 Å². The average Bonchev–Trinajstić information content (AvgIpc) is 2.36. The second-order valence-electron chi connectivity index (χ2n) is 3.87. The van der Waals surface area contributed by atoms with E-state index >= 15 is 0 Å². The molecule has 110 valence electrons. The van der Waals surface area contributed by atoms with Gasteiger partial charge in [0, 0.05) is 19.8 Å². The van der Waals surface area contributed by atoms with Crippen LogP contribution >= 0.6 is 0 Å². The highest BCUT2D eigenvalue weighted by Crippen LogP contribution is 2.21. The maximum Gasteiger partial charge on any atom is 0.531 e. The minimum absolute atomic E-state index is 0.0526. The molecule has 0 rings (SSSR count). The van der Waals surface area contributed by atoms with Gasteiger partial charge in [-0.2, -0.15) is 0 Å². The second kappa shape index (κ2) is 9.88. The SMILES string of the molecule is CCO[Si](OCC)(OCC)C(CC)OC(C)NC. The summed E-state index contributed by atoms with van der Waals surface area (Å²) in [5.74, 6) is 0. The normalized spacial score (nSPS) is 15.7. The molecule has 0 aliphatic heterocycles. The van der Waals surface area contributed by atoms with Crippen molar-refractivity contribution in [1.29, 1.82) is 0 Å². The molecule has 0 radical (unpaired) electrons. The number of rotatable bonds is 11. The zero-order chi connectivity index (χ0) is 14.0. The lowest BCUT2D eigenvalue weighted by Gasteiger charge is -2.35. The Morgan fingerprint density at radius 3 is 1.67 bits per heavy atom. The molecule has 0 aliphatic carbocycles. The van der Waals surface area contributed by atoms with E-state index in [-0.39, 0.29) is 12.0 Å². The zero-order valence-electron chi connectivity index (χ0n) is 12.6. The number of ether oxygens (including phenoxy) is 1. The third-order valence-corrected chi connectivity index (χ3v) is 5.98. The fourth-order valence-corrected chi connectivity index (χ4v) is 4.64. The van der Waals surface area contributed by atoms with Gasteiger partial charge < -0.3 is 18.0 Å². The maximum absolute atomic E-state index is 5.95. The zero-order valence-corrected chi connectivity index (χ0v) is 13.6. The summed E-state index contributed by atoms with van der Waals surface area (Å²) >= 11 is 0. The number of nitrogens with one attached hydrogen (secondary N) is 1. The number of hydrogen-bond donors (Lipinski definition) is 1. The molecule has 18 heavy (non-hydrogen) atoms. The van der Waals surface area contributed by atoms with Crippen LogP contribution in [0.3, 0.4) is 0 Å². The Bertz CT molecular complexity index is 189. The Balaban J connectivity index is 4.93. The third kappa shape index (κ3) is 5.34. The molecule has 0 saturated carbocycles. The summed E-state index contributed by atoms with van der Waals surface area (Å²) in [5.41, 5.74) is -0.139. The van der Waals surface area contributed by atoms with Crippen molar-refractivity contribution in [3.63, 3.8) is 0 Å². The predicted molar refractivity (Wildman–Crippen MR) is 74.3 cm³/mol. The molecular formula is C12H29NO4Si. The molecule has 0 aromatic rings. The molecule has 0 aromatic carbocycles. The minimum atomic E-state index is -2.77. The minimum Gasteiger partial charge on any atom is -0.372 e. The molecule has 0 heterocycles. The van der Waals surface area contributed by atoms with Crippen molar-refractivity contribution in [2.45, 2.75) is 53.0 Å². The van der Waals surface area contributed by atoms with Gasteiger partial charge in [0.05, 0.1) is 0 Å². The first kappa shape index (κ1) is 18.0. The Labute approximate surface area is 113 Å². The van der Waals surface area contributed by atoms with Crippen molar-refractivity contribution in [3.05, 3.63) is 0 Å². The Morgan fingerprint density at radius 1 is 0.944 bits per heavy atom. The molecule has 0 bridgehead atoms. The Kier molecular flexibility index (Phi) is 9.89. The van der Waals surface area contributed by atoms with Crippen molar-refractivity contribution < 1.29 is 18.0 Å². The van der Waals surface area contributed by atoms with Crippen LogP contribution in [0.5, 0.6) is 0 Å². The van der Waals surface area contributed by atoms with Crippen LogP contribution in [-0.2, 0) is 18.0 Å². The van der Waals surface area contributed by atoms with Gasteiger partial charge in [-0.05, 0) is 41.2 Å². The highest BCUT2D eigenvalue weighted by molar-refractivity contribution is 6.62. The smallest absolute Gasteiger partial charge is 0.372 e. The van der Waals surface area contributed by atoms with Crippen LogP contribution in [0.15, 0.2) is 0 Å². The quantitative estimate of drug-likeness (QED) is 0.463. The van der Waals surface area contributed by atoms with Crippen LogP contribution < -0.4 is 5.32 Å². The van der Waals surface area contributed by atoms with Crippen LogP contribution in [0, 0.1) is 0 Å². The molecule has 2 unspecified atom stereocenters. The van der Waals surface area contributed by atoms with E-state index in [0.717, 1.165) is 6.42 Å². The molecule has 6 heteroatoms. The fraction of sp³-hybridized carbons (Fsp3) is 1.00. The summed E-state index contributed by atoms with van der Waals surface area (Å²) in [4.78, 5) is 0. The van der Waals surface area contributed by atoms with Gasteiger partial charge in [-0.15, -0.1) is 0 Å². The number of hydrogen-bond acceptors (Lipinski definition) is 5.